The highest BCUT2D eigenvalue weighted by atomic mass is 32.2. The zero-order valence-corrected chi connectivity index (χ0v) is 9.37. The summed E-state index contributed by atoms with van der Waals surface area (Å²) in [5.74, 6) is 0.0294. The second-order valence-corrected chi connectivity index (χ2v) is 5.74. The summed E-state index contributed by atoms with van der Waals surface area (Å²) in [5, 5.41) is 8.82. The molecule has 15 heavy (non-hydrogen) atoms. The van der Waals surface area contributed by atoms with Crippen LogP contribution in [0, 0.1) is 0 Å². The average molecular weight is 229 g/mol. The normalized spacial score (nSPS) is 13.8. The van der Waals surface area contributed by atoms with E-state index in [-0.39, 0.29) is 12.4 Å². The highest BCUT2D eigenvalue weighted by molar-refractivity contribution is 7.89. The van der Waals surface area contributed by atoms with Gasteiger partial charge in [0, 0.05) is 6.26 Å². The van der Waals surface area contributed by atoms with Gasteiger partial charge in [0.1, 0.15) is 0 Å². The molecule has 0 radical (unpaired) electrons. The predicted molar refractivity (Wildman–Crippen MR) is 59.0 cm³/mol. The molecule has 3 N–H and O–H groups in total. The van der Waals surface area contributed by atoms with Crippen LogP contribution in [0.1, 0.15) is 17.2 Å². The highest BCUT2D eigenvalue weighted by Gasteiger charge is 2.06. The van der Waals surface area contributed by atoms with Crippen molar-refractivity contribution in [3.63, 3.8) is 0 Å². The Labute approximate surface area is 89.7 Å². The number of sulfone groups is 1. The Balaban J connectivity index is 2.81. The first-order chi connectivity index (χ1) is 6.92. The van der Waals surface area contributed by atoms with E-state index in [0.717, 1.165) is 11.1 Å². The van der Waals surface area contributed by atoms with Crippen LogP contribution in [0.15, 0.2) is 24.3 Å². The van der Waals surface area contributed by atoms with E-state index in [2.05, 4.69) is 0 Å². The van der Waals surface area contributed by atoms with Gasteiger partial charge in [0.2, 0.25) is 0 Å². The molecule has 0 aliphatic heterocycles. The Morgan fingerprint density at radius 1 is 1.33 bits per heavy atom. The Kier molecular flexibility index (Phi) is 3.84. The zero-order valence-electron chi connectivity index (χ0n) is 8.55. The molecule has 0 spiro atoms. The van der Waals surface area contributed by atoms with E-state index in [9.17, 15) is 8.42 Å². The van der Waals surface area contributed by atoms with Gasteiger partial charge in [-0.25, -0.2) is 8.42 Å². The van der Waals surface area contributed by atoms with Gasteiger partial charge in [-0.2, -0.15) is 0 Å². The monoisotopic (exact) mass is 229 g/mol. The van der Waals surface area contributed by atoms with Crippen LogP contribution in [0.5, 0.6) is 0 Å². The molecule has 0 saturated heterocycles. The third-order valence-corrected chi connectivity index (χ3v) is 2.89. The largest absolute Gasteiger partial charge is 0.394 e. The number of aliphatic hydroxyl groups excluding tert-OH is 1. The molecule has 1 rings (SSSR count). The number of aliphatic hydroxyl groups is 1. The summed E-state index contributed by atoms with van der Waals surface area (Å²) < 4.78 is 22.0. The molecule has 0 fully saturated rings. The molecule has 0 aliphatic carbocycles. The average Bonchev–Trinajstić information content (AvgIpc) is 2.15. The molecule has 0 bridgehead atoms. The summed E-state index contributed by atoms with van der Waals surface area (Å²) >= 11 is 0. The van der Waals surface area contributed by atoms with Crippen molar-refractivity contribution in [1.29, 1.82) is 0 Å². The molecule has 0 amide bonds. The van der Waals surface area contributed by atoms with Crippen LogP contribution in [0.3, 0.4) is 0 Å². The third kappa shape index (κ3) is 3.99. The third-order valence-electron chi connectivity index (χ3n) is 2.03. The number of nitrogens with two attached hydrogens (primary N) is 1. The molecular formula is C10H15NO3S. The van der Waals surface area contributed by atoms with Gasteiger partial charge < -0.3 is 10.8 Å². The number of hydrogen-bond donors (Lipinski definition) is 2. The van der Waals surface area contributed by atoms with Crippen LogP contribution < -0.4 is 5.73 Å². The second-order valence-electron chi connectivity index (χ2n) is 3.60. The van der Waals surface area contributed by atoms with Crippen LogP contribution in [0.25, 0.3) is 0 Å². The summed E-state index contributed by atoms with van der Waals surface area (Å²) in [5.41, 5.74) is 7.13. The van der Waals surface area contributed by atoms with Crippen molar-refractivity contribution in [3.05, 3.63) is 35.4 Å². The van der Waals surface area contributed by atoms with Gasteiger partial charge in [-0.15, -0.1) is 0 Å². The fourth-order valence-corrected chi connectivity index (χ4v) is 2.07. The van der Waals surface area contributed by atoms with Crippen LogP contribution in [0.2, 0.25) is 0 Å². The fraction of sp³-hybridized carbons (Fsp3) is 0.400. The Hall–Kier alpha value is -0.910. The van der Waals surface area contributed by atoms with Crippen LogP contribution in [-0.2, 0) is 15.6 Å². The first-order valence-corrected chi connectivity index (χ1v) is 6.61. The molecule has 0 aromatic heterocycles. The van der Waals surface area contributed by atoms with Gasteiger partial charge in [-0.05, 0) is 11.1 Å². The lowest BCUT2D eigenvalue weighted by Gasteiger charge is -2.08. The summed E-state index contributed by atoms with van der Waals surface area (Å²) in [7, 11) is -3.00. The maximum atomic E-state index is 11.0. The molecule has 0 saturated carbocycles. The van der Waals surface area contributed by atoms with Crippen molar-refractivity contribution in [3.8, 4) is 0 Å². The number of benzene rings is 1. The molecule has 0 heterocycles. The maximum Gasteiger partial charge on any atom is 0.151 e. The van der Waals surface area contributed by atoms with E-state index in [4.69, 9.17) is 10.8 Å². The molecular weight excluding hydrogens is 214 g/mol. The van der Waals surface area contributed by atoms with Crippen molar-refractivity contribution in [2.75, 3.05) is 12.9 Å². The molecule has 1 aromatic carbocycles. The zero-order chi connectivity index (χ0) is 11.5. The van der Waals surface area contributed by atoms with Gasteiger partial charge in [0.15, 0.2) is 9.84 Å². The molecule has 0 aliphatic rings. The molecule has 1 unspecified atom stereocenters. The lowest BCUT2D eigenvalue weighted by Crippen LogP contribution is -2.14. The molecule has 4 nitrogen and oxygen atoms in total. The van der Waals surface area contributed by atoms with Crippen LogP contribution >= 0.6 is 0 Å². The van der Waals surface area contributed by atoms with Gasteiger partial charge in [-0.3, -0.25) is 0 Å². The summed E-state index contributed by atoms with van der Waals surface area (Å²) in [6.45, 7) is -0.120. The van der Waals surface area contributed by atoms with Crippen molar-refractivity contribution < 1.29 is 13.5 Å². The van der Waals surface area contributed by atoms with Crippen molar-refractivity contribution >= 4 is 9.84 Å². The lowest BCUT2D eigenvalue weighted by molar-refractivity contribution is 0.268. The minimum Gasteiger partial charge on any atom is -0.394 e. The fourth-order valence-electron chi connectivity index (χ4n) is 1.27. The van der Waals surface area contributed by atoms with Gasteiger partial charge in [0.05, 0.1) is 18.4 Å². The van der Waals surface area contributed by atoms with E-state index in [0.29, 0.717) is 0 Å². The topological polar surface area (TPSA) is 80.4 Å². The van der Waals surface area contributed by atoms with Crippen LogP contribution in [-0.4, -0.2) is 26.4 Å². The Bertz CT molecular complexity index is 411. The smallest absolute Gasteiger partial charge is 0.151 e. The van der Waals surface area contributed by atoms with E-state index in [1.54, 1.807) is 24.3 Å². The van der Waals surface area contributed by atoms with E-state index < -0.39 is 15.9 Å². The summed E-state index contributed by atoms with van der Waals surface area (Å²) in [6.07, 6.45) is 1.19. The summed E-state index contributed by atoms with van der Waals surface area (Å²) in [6, 6.07) is 6.50. The van der Waals surface area contributed by atoms with Crippen LogP contribution in [0.4, 0.5) is 0 Å². The minimum atomic E-state index is -3.00. The molecule has 84 valence electrons. The number of rotatable bonds is 4. The first-order valence-electron chi connectivity index (χ1n) is 4.55. The quantitative estimate of drug-likeness (QED) is 0.774. The standard InChI is InChI=1S/C10H15NO3S/c1-15(13,14)7-8-2-4-9(5-3-8)10(11)6-12/h2-5,10,12H,6-7,11H2,1H3. The highest BCUT2D eigenvalue weighted by Crippen LogP contribution is 2.12. The van der Waals surface area contributed by atoms with E-state index in [1.165, 1.54) is 6.26 Å². The van der Waals surface area contributed by atoms with Crippen molar-refractivity contribution in [2.45, 2.75) is 11.8 Å². The maximum absolute atomic E-state index is 11.0. The number of hydrogen-bond acceptors (Lipinski definition) is 4. The minimum absolute atomic E-state index is 0.0294. The molecule has 5 heteroatoms. The lowest BCUT2D eigenvalue weighted by atomic mass is 10.1. The predicted octanol–water partition coefficient (Wildman–Crippen LogP) is 0.223. The van der Waals surface area contributed by atoms with Crippen molar-refractivity contribution in [2.24, 2.45) is 5.73 Å². The van der Waals surface area contributed by atoms with Gasteiger partial charge in [0.25, 0.3) is 0 Å². The van der Waals surface area contributed by atoms with E-state index >= 15 is 0 Å². The molecule has 1 aromatic rings. The Morgan fingerprint density at radius 3 is 2.27 bits per heavy atom. The summed E-state index contributed by atoms with van der Waals surface area (Å²) in [4.78, 5) is 0. The van der Waals surface area contributed by atoms with Gasteiger partial charge >= 0.3 is 0 Å². The van der Waals surface area contributed by atoms with E-state index in [1.807, 2.05) is 0 Å². The van der Waals surface area contributed by atoms with Crippen molar-refractivity contribution in [1.82, 2.24) is 0 Å². The van der Waals surface area contributed by atoms with Gasteiger partial charge in [-0.1, -0.05) is 24.3 Å². The Morgan fingerprint density at radius 2 is 1.87 bits per heavy atom. The molecule has 1 atom stereocenters. The SMILES string of the molecule is CS(=O)(=O)Cc1ccc(C(N)CO)cc1. The first kappa shape index (κ1) is 12.2. The second kappa shape index (κ2) is 4.74.